The topological polar surface area (TPSA) is 57.7 Å². The molecule has 0 unspecified atom stereocenters. The van der Waals surface area contributed by atoms with Crippen LogP contribution in [0.3, 0.4) is 0 Å². The van der Waals surface area contributed by atoms with Gasteiger partial charge in [0, 0.05) is 17.1 Å². The van der Waals surface area contributed by atoms with E-state index in [9.17, 15) is 14.4 Å². The summed E-state index contributed by atoms with van der Waals surface area (Å²) in [6.45, 7) is 0. The van der Waals surface area contributed by atoms with Gasteiger partial charge in [0.1, 0.15) is 0 Å². The first kappa shape index (κ1) is 14.5. The lowest BCUT2D eigenvalue weighted by Crippen LogP contribution is -2.47. The first-order valence-corrected chi connectivity index (χ1v) is 7.31. The predicted molar refractivity (Wildman–Crippen MR) is 83.2 cm³/mol. The Balaban J connectivity index is 1.92. The summed E-state index contributed by atoms with van der Waals surface area (Å²) in [7, 11) is 1.41. The second kappa shape index (κ2) is 5.38. The molecule has 3 amide bonds. The molecule has 0 fully saturated rings. The van der Waals surface area contributed by atoms with Gasteiger partial charge in [-0.3, -0.25) is 14.4 Å². The van der Waals surface area contributed by atoms with Gasteiger partial charge < -0.3 is 0 Å². The number of halogens is 1. The summed E-state index contributed by atoms with van der Waals surface area (Å²) in [5.41, 5.74) is 1.01. The molecule has 22 heavy (non-hydrogen) atoms. The van der Waals surface area contributed by atoms with Crippen LogP contribution in [-0.4, -0.2) is 34.8 Å². The summed E-state index contributed by atoms with van der Waals surface area (Å²) in [6.07, 6.45) is 0. The van der Waals surface area contributed by atoms with Crippen LogP contribution in [0.2, 0.25) is 0 Å². The minimum atomic E-state index is -0.492. The average molecular weight is 359 g/mol. The number of imide groups is 1. The molecule has 1 heterocycles. The fourth-order valence-electron chi connectivity index (χ4n) is 2.32. The summed E-state index contributed by atoms with van der Waals surface area (Å²) < 4.78 is 0.840. The maximum Gasteiger partial charge on any atom is 0.280 e. The number of carbonyl (C=O) groups is 3. The third-order valence-electron chi connectivity index (χ3n) is 3.46. The molecule has 0 atom stereocenters. The SMILES string of the molecule is CN(C(=O)c1ccc(Br)cc1)N1C(=O)c2ccccc2C1=O. The van der Waals surface area contributed by atoms with Gasteiger partial charge in [0.25, 0.3) is 17.7 Å². The van der Waals surface area contributed by atoms with Gasteiger partial charge in [-0.25, -0.2) is 5.01 Å². The van der Waals surface area contributed by atoms with Gasteiger partial charge in [-0.15, -0.1) is 0 Å². The maximum atomic E-state index is 12.4. The summed E-state index contributed by atoms with van der Waals surface area (Å²) in [5.74, 6) is -1.41. The highest BCUT2D eigenvalue weighted by atomic mass is 79.9. The largest absolute Gasteiger partial charge is 0.280 e. The molecule has 0 saturated carbocycles. The molecule has 0 saturated heterocycles. The number of benzene rings is 2. The fraction of sp³-hybridized carbons (Fsp3) is 0.0625. The number of hydrazine groups is 1. The normalized spacial score (nSPS) is 13.3. The molecule has 0 aliphatic carbocycles. The fourth-order valence-corrected chi connectivity index (χ4v) is 2.58. The van der Waals surface area contributed by atoms with Crippen molar-refractivity contribution in [3.63, 3.8) is 0 Å². The quantitative estimate of drug-likeness (QED) is 0.775. The first-order chi connectivity index (χ1) is 10.5. The highest BCUT2D eigenvalue weighted by molar-refractivity contribution is 9.10. The van der Waals surface area contributed by atoms with Crippen molar-refractivity contribution in [3.8, 4) is 0 Å². The molecule has 0 bridgehead atoms. The molecule has 1 aliphatic rings. The van der Waals surface area contributed by atoms with Gasteiger partial charge in [0.05, 0.1) is 11.1 Å². The third kappa shape index (κ3) is 2.21. The molecular formula is C16H11BrN2O3. The molecule has 3 rings (SSSR count). The Hall–Kier alpha value is -2.47. The zero-order valence-electron chi connectivity index (χ0n) is 11.6. The Labute approximate surface area is 135 Å². The Morgan fingerprint density at radius 2 is 1.45 bits per heavy atom. The number of carbonyl (C=O) groups excluding carboxylic acids is 3. The Bertz CT molecular complexity index is 751. The number of amides is 3. The van der Waals surface area contributed by atoms with E-state index in [1.807, 2.05) is 0 Å². The van der Waals surface area contributed by atoms with Crippen molar-refractivity contribution in [1.82, 2.24) is 10.0 Å². The van der Waals surface area contributed by atoms with Crippen LogP contribution < -0.4 is 0 Å². The minimum absolute atomic E-state index is 0.308. The van der Waals surface area contributed by atoms with Crippen LogP contribution in [0.15, 0.2) is 53.0 Å². The number of nitrogens with zero attached hydrogens (tertiary/aromatic N) is 2. The van der Waals surface area contributed by atoms with Gasteiger partial charge in [-0.1, -0.05) is 28.1 Å². The van der Waals surface area contributed by atoms with E-state index >= 15 is 0 Å². The van der Waals surface area contributed by atoms with Gasteiger partial charge in [0.2, 0.25) is 0 Å². The molecule has 0 spiro atoms. The number of rotatable bonds is 2. The Kier molecular flexibility index (Phi) is 3.54. The van der Waals surface area contributed by atoms with E-state index in [2.05, 4.69) is 15.9 Å². The standard InChI is InChI=1S/C16H11BrN2O3/c1-18(14(20)10-6-8-11(17)9-7-10)19-15(21)12-4-2-3-5-13(12)16(19)22/h2-9H,1H3. The van der Waals surface area contributed by atoms with Crippen molar-refractivity contribution >= 4 is 33.7 Å². The van der Waals surface area contributed by atoms with E-state index in [1.54, 1.807) is 48.5 Å². The zero-order chi connectivity index (χ0) is 15.9. The lowest BCUT2D eigenvalue weighted by molar-refractivity contribution is 0.0128. The molecule has 2 aromatic carbocycles. The van der Waals surface area contributed by atoms with Crippen molar-refractivity contribution in [2.75, 3.05) is 7.05 Å². The summed E-state index contributed by atoms with van der Waals surface area (Å²) in [6, 6.07) is 13.2. The van der Waals surface area contributed by atoms with Crippen LogP contribution in [0.25, 0.3) is 0 Å². The third-order valence-corrected chi connectivity index (χ3v) is 3.99. The number of hydrogen-bond acceptors (Lipinski definition) is 3. The molecule has 1 aliphatic heterocycles. The van der Waals surface area contributed by atoms with Crippen molar-refractivity contribution < 1.29 is 14.4 Å². The smallest absolute Gasteiger partial charge is 0.267 e. The van der Waals surface area contributed by atoms with Crippen LogP contribution >= 0.6 is 15.9 Å². The maximum absolute atomic E-state index is 12.4. The zero-order valence-corrected chi connectivity index (χ0v) is 13.2. The van der Waals surface area contributed by atoms with Crippen LogP contribution in [-0.2, 0) is 0 Å². The van der Waals surface area contributed by atoms with Crippen molar-refractivity contribution in [2.24, 2.45) is 0 Å². The lowest BCUT2D eigenvalue weighted by Gasteiger charge is -2.25. The Morgan fingerprint density at radius 3 is 1.95 bits per heavy atom. The van der Waals surface area contributed by atoms with E-state index in [4.69, 9.17) is 0 Å². The lowest BCUT2D eigenvalue weighted by atomic mass is 10.1. The average Bonchev–Trinajstić information content (AvgIpc) is 2.79. The van der Waals surface area contributed by atoms with Gasteiger partial charge in [-0.2, -0.15) is 5.01 Å². The van der Waals surface area contributed by atoms with E-state index in [-0.39, 0.29) is 0 Å². The molecule has 0 aromatic heterocycles. The summed E-state index contributed by atoms with van der Waals surface area (Å²) >= 11 is 3.29. The molecule has 6 heteroatoms. The van der Waals surface area contributed by atoms with Crippen molar-refractivity contribution in [1.29, 1.82) is 0 Å². The van der Waals surface area contributed by atoms with Gasteiger partial charge in [-0.05, 0) is 36.4 Å². The van der Waals surface area contributed by atoms with E-state index in [0.29, 0.717) is 16.7 Å². The Morgan fingerprint density at radius 1 is 0.955 bits per heavy atom. The second-order valence-corrected chi connectivity index (χ2v) is 5.72. The van der Waals surface area contributed by atoms with Gasteiger partial charge >= 0.3 is 0 Å². The first-order valence-electron chi connectivity index (χ1n) is 6.52. The second-order valence-electron chi connectivity index (χ2n) is 4.80. The summed E-state index contributed by atoms with van der Waals surface area (Å²) in [4.78, 5) is 37.1. The highest BCUT2D eigenvalue weighted by Gasteiger charge is 2.39. The molecule has 2 aromatic rings. The van der Waals surface area contributed by atoms with Gasteiger partial charge in [0.15, 0.2) is 0 Å². The van der Waals surface area contributed by atoms with Crippen LogP contribution in [0, 0.1) is 0 Å². The number of hydrogen-bond donors (Lipinski definition) is 0. The van der Waals surface area contributed by atoms with E-state index < -0.39 is 17.7 Å². The molecule has 0 radical (unpaired) electrons. The highest BCUT2D eigenvalue weighted by Crippen LogP contribution is 2.24. The molecule has 110 valence electrons. The van der Waals surface area contributed by atoms with Crippen molar-refractivity contribution in [3.05, 3.63) is 69.7 Å². The monoisotopic (exact) mass is 358 g/mol. The molecular weight excluding hydrogens is 348 g/mol. The van der Waals surface area contributed by atoms with Crippen LogP contribution in [0.1, 0.15) is 31.1 Å². The van der Waals surface area contributed by atoms with Crippen LogP contribution in [0.4, 0.5) is 0 Å². The van der Waals surface area contributed by atoms with E-state index in [1.165, 1.54) is 7.05 Å². The summed E-state index contributed by atoms with van der Waals surface area (Å²) in [5, 5.41) is 1.92. The van der Waals surface area contributed by atoms with Crippen molar-refractivity contribution in [2.45, 2.75) is 0 Å². The minimum Gasteiger partial charge on any atom is -0.267 e. The molecule has 5 nitrogen and oxygen atoms in total. The van der Waals surface area contributed by atoms with Crippen LogP contribution in [0.5, 0.6) is 0 Å². The van der Waals surface area contributed by atoms with E-state index in [0.717, 1.165) is 14.5 Å². The predicted octanol–water partition coefficient (Wildman–Crippen LogP) is 2.73. The molecule has 0 N–H and O–H groups in total. The number of fused-ring (bicyclic) bond motifs is 1.